The van der Waals surface area contributed by atoms with Gasteiger partial charge in [0.15, 0.2) is 5.84 Å². The Morgan fingerprint density at radius 2 is 2.11 bits per heavy atom. The third-order valence-electron chi connectivity index (χ3n) is 2.86. The van der Waals surface area contributed by atoms with Crippen molar-refractivity contribution in [1.29, 1.82) is 0 Å². The molecule has 1 aromatic heterocycles. The van der Waals surface area contributed by atoms with Crippen LogP contribution < -0.4 is 5.73 Å². The first kappa shape index (κ1) is 15.4. The number of rotatable bonds is 5. The van der Waals surface area contributed by atoms with Crippen LogP contribution in [0.4, 0.5) is 0 Å². The van der Waals surface area contributed by atoms with Gasteiger partial charge in [0.25, 0.3) is 0 Å². The van der Waals surface area contributed by atoms with Gasteiger partial charge < -0.3 is 10.9 Å². The molecule has 0 saturated heterocycles. The van der Waals surface area contributed by atoms with Crippen molar-refractivity contribution in [2.24, 2.45) is 17.9 Å². The molecule has 19 heavy (non-hydrogen) atoms. The first-order valence-corrected chi connectivity index (χ1v) is 7.16. The molecule has 0 saturated carbocycles. The summed E-state index contributed by atoms with van der Waals surface area (Å²) in [6.07, 6.45) is 0. The fourth-order valence-electron chi connectivity index (χ4n) is 1.84. The molecule has 1 aromatic rings. The molecule has 0 atom stereocenters. The van der Waals surface area contributed by atoms with Gasteiger partial charge in [0.05, 0.1) is 17.9 Å². The Morgan fingerprint density at radius 1 is 1.53 bits per heavy atom. The molecule has 0 radical (unpaired) electrons. The normalized spacial score (nSPS) is 13.2. The van der Waals surface area contributed by atoms with Crippen molar-refractivity contribution in [1.82, 2.24) is 14.1 Å². The van der Waals surface area contributed by atoms with Crippen LogP contribution in [-0.2, 0) is 17.1 Å². The Balaban J connectivity index is 3.29. The quantitative estimate of drug-likeness (QED) is 0.337. The van der Waals surface area contributed by atoms with Gasteiger partial charge in [-0.15, -0.1) is 0 Å². The zero-order valence-electron chi connectivity index (χ0n) is 11.5. The summed E-state index contributed by atoms with van der Waals surface area (Å²) in [7, 11) is -2.04. The van der Waals surface area contributed by atoms with E-state index in [1.165, 1.54) is 4.68 Å². The van der Waals surface area contributed by atoms with Gasteiger partial charge >= 0.3 is 0 Å². The minimum absolute atomic E-state index is 0.162. The van der Waals surface area contributed by atoms with E-state index in [0.717, 1.165) is 4.31 Å². The fourth-order valence-corrected chi connectivity index (χ4v) is 3.66. The minimum Gasteiger partial charge on any atom is -0.409 e. The van der Waals surface area contributed by atoms with Crippen molar-refractivity contribution in [3.8, 4) is 0 Å². The number of likely N-dealkylation sites (N-methyl/N-ethyl adjacent to an activating group) is 1. The molecule has 9 heteroatoms. The van der Waals surface area contributed by atoms with E-state index in [2.05, 4.69) is 10.3 Å². The maximum Gasteiger partial charge on any atom is 0.247 e. The second-order valence-corrected chi connectivity index (χ2v) is 6.02. The molecule has 0 aliphatic rings. The number of hydrogen-bond acceptors (Lipinski definition) is 5. The van der Waals surface area contributed by atoms with Gasteiger partial charge in [0.2, 0.25) is 10.0 Å². The maximum absolute atomic E-state index is 12.6. The predicted octanol–water partition coefficient (Wildman–Crippen LogP) is -0.206. The summed E-state index contributed by atoms with van der Waals surface area (Å²) in [5.74, 6) is -0.162. The van der Waals surface area contributed by atoms with Crippen LogP contribution in [-0.4, -0.2) is 46.6 Å². The average molecular weight is 289 g/mol. The largest absolute Gasteiger partial charge is 0.409 e. The summed E-state index contributed by atoms with van der Waals surface area (Å²) in [6.45, 7) is 5.06. The third-order valence-corrected chi connectivity index (χ3v) is 5.03. The summed E-state index contributed by atoms with van der Waals surface area (Å²) >= 11 is 0. The van der Waals surface area contributed by atoms with Crippen LogP contribution in [0.1, 0.15) is 18.3 Å². The Labute approximate surface area is 112 Å². The lowest BCUT2D eigenvalue weighted by molar-refractivity contribution is 0.315. The monoisotopic (exact) mass is 289 g/mol. The highest BCUT2D eigenvalue weighted by molar-refractivity contribution is 7.89. The van der Waals surface area contributed by atoms with E-state index < -0.39 is 10.0 Å². The molecule has 1 heterocycles. The van der Waals surface area contributed by atoms with Gasteiger partial charge in [0.1, 0.15) is 4.90 Å². The lowest BCUT2D eigenvalue weighted by Crippen LogP contribution is -2.38. The standard InChI is InChI=1S/C10H19N5O3S/c1-5-15(6-9(11)13-16)19(17,18)10-7(2)12-14(4)8(10)3/h16H,5-6H2,1-4H3,(H2,11,13). The van der Waals surface area contributed by atoms with E-state index >= 15 is 0 Å². The van der Waals surface area contributed by atoms with Crippen molar-refractivity contribution in [2.45, 2.75) is 25.7 Å². The SMILES string of the molecule is CCN(CC(N)=NO)S(=O)(=O)c1c(C)nn(C)c1C. The maximum atomic E-state index is 12.6. The highest BCUT2D eigenvalue weighted by Gasteiger charge is 2.30. The number of nitrogens with two attached hydrogens (primary N) is 1. The number of oxime groups is 1. The number of hydrogen-bond donors (Lipinski definition) is 2. The third kappa shape index (κ3) is 2.87. The predicted molar refractivity (Wildman–Crippen MR) is 70.5 cm³/mol. The lowest BCUT2D eigenvalue weighted by Gasteiger charge is -2.19. The van der Waals surface area contributed by atoms with Crippen molar-refractivity contribution >= 4 is 15.9 Å². The van der Waals surface area contributed by atoms with Crippen LogP contribution in [0.5, 0.6) is 0 Å². The van der Waals surface area contributed by atoms with E-state index in [4.69, 9.17) is 10.9 Å². The van der Waals surface area contributed by atoms with Crippen LogP contribution in [0.15, 0.2) is 10.1 Å². The molecule has 0 aliphatic carbocycles. The average Bonchev–Trinajstić information content (AvgIpc) is 2.59. The molecule has 0 amide bonds. The second kappa shape index (κ2) is 5.57. The summed E-state index contributed by atoms with van der Waals surface area (Å²) in [4.78, 5) is 0.169. The number of sulfonamides is 1. The number of aryl methyl sites for hydroxylation is 2. The van der Waals surface area contributed by atoms with Crippen LogP contribution in [0.3, 0.4) is 0 Å². The van der Waals surface area contributed by atoms with Gasteiger partial charge in [-0.2, -0.15) is 9.40 Å². The summed E-state index contributed by atoms with van der Waals surface area (Å²) in [5, 5.41) is 15.4. The van der Waals surface area contributed by atoms with E-state index in [0.29, 0.717) is 11.4 Å². The fraction of sp³-hybridized carbons (Fsp3) is 0.600. The summed E-state index contributed by atoms with van der Waals surface area (Å²) in [6, 6.07) is 0. The zero-order chi connectivity index (χ0) is 14.8. The van der Waals surface area contributed by atoms with Crippen molar-refractivity contribution < 1.29 is 13.6 Å². The second-order valence-electron chi connectivity index (χ2n) is 4.15. The first-order valence-electron chi connectivity index (χ1n) is 5.72. The molecule has 0 aliphatic heterocycles. The number of amidine groups is 1. The van der Waals surface area contributed by atoms with Gasteiger partial charge in [0, 0.05) is 13.6 Å². The van der Waals surface area contributed by atoms with Crippen LogP contribution in [0.25, 0.3) is 0 Å². The Kier molecular flexibility index (Phi) is 4.53. The highest BCUT2D eigenvalue weighted by atomic mass is 32.2. The van der Waals surface area contributed by atoms with E-state index in [9.17, 15) is 8.42 Å². The minimum atomic E-state index is -3.72. The first-order chi connectivity index (χ1) is 8.75. The summed E-state index contributed by atoms with van der Waals surface area (Å²) in [5.41, 5.74) is 6.36. The smallest absolute Gasteiger partial charge is 0.247 e. The lowest BCUT2D eigenvalue weighted by atomic mass is 10.4. The van der Waals surface area contributed by atoms with Gasteiger partial charge in [-0.05, 0) is 13.8 Å². The number of nitrogens with zero attached hydrogens (tertiary/aromatic N) is 4. The molecule has 0 aromatic carbocycles. The summed E-state index contributed by atoms with van der Waals surface area (Å²) < 4.78 is 27.8. The van der Waals surface area contributed by atoms with E-state index in [-0.39, 0.29) is 23.8 Å². The molecular formula is C10H19N5O3S. The molecular weight excluding hydrogens is 270 g/mol. The topological polar surface area (TPSA) is 114 Å². The van der Waals surface area contributed by atoms with Crippen LogP contribution >= 0.6 is 0 Å². The Bertz CT molecular complexity index is 591. The Hall–Kier alpha value is -1.61. The highest BCUT2D eigenvalue weighted by Crippen LogP contribution is 2.22. The van der Waals surface area contributed by atoms with Gasteiger partial charge in [-0.1, -0.05) is 12.1 Å². The van der Waals surface area contributed by atoms with Crippen LogP contribution in [0.2, 0.25) is 0 Å². The Morgan fingerprint density at radius 3 is 2.47 bits per heavy atom. The molecule has 0 fully saturated rings. The molecule has 108 valence electrons. The van der Waals surface area contributed by atoms with Crippen molar-refractivity contribution in [3.05, 3.63) is 11.4 Å². The molecule has 3 N–H and O–H groups in total. The van der Waals surface area contributed by atoms with E-state index in [1.54, 1.807) is 27.8 Å². The molecule has 8 nitrogen and oxygen atoms in total. The van der Waals surface area contributed by atoms with Crippen LogP contribution in [0, 0.1) is 13.8 Å². The zero-order valence-corrected chi connectivity index (χ0v) is 12.3. The van der Waals surface area contributed by atoms with Gasteiger partial charge in [-0.3, -0.25) is 4.68 Å². The molecule has 0 bridgehead atoms. The van der Waals surface area contributed by atoms with Gasteiger partial charge in [-0.25, -0.2) is 8.42 Å². The van der Waals surface area contributed by atoms with E-state index in [1.807, 2.05) is 0 Å². The number of aromatic nitrogens is 2. The molecule has 0 unspecified atom stereocenters. The van der Waals surface area contributed by atoms with Crippen molar-refractivity contribution in [2.75, 3.05) is 13.1 Å². The van der Waals surface area contributed by atoms with Crippen molar-refractivity contribution in [3.63, 3.8) is 0 Å². The molecule has 1 rings (SSSR count). The molecule has 0 spiro atoms.